The Labute approximate surface area is 225 Å². The molecule has 38 heavy (non-hydrogen) atoms. The molecular weight excluding hydrogens is 466 g/mol. The molecule has 1 heterocycles. The number of carbonyl (C=O) groups is 1. The Kier molecular flexibility index (Phi) is 6.41. The lowest BCUT2D eigenvalue weighted by atomic mass is 9.52. The quantitative estimate of drug-likeness (QED) is 0.350. The molecule has 3 heteroatoms. The Hall–Kier alpha value is -3.69. The summed E-state index contributed by atoms with van der Waals surface area (Å²) in [6, 6.07) is 39.7. The summed E-state index contributed by atoms with van der Waals surface area (Å²) in [6.07, 6.45) is 1.84. The summed E-state index contributed by atoms with van der Waals surface area (Å²) in [5, 5.41) is 12.6. The molecule has 192 valence electrons. The number of rotatable bonds is 5. The van der Waals surface area contributed by atoms with Crippen molar-refractivity contribution in [2.24, 2.45) is 11.8 Å². The Morgan fingerprint density at radius 2 is 1.26 bits per heavy atom. The van der Waals surface area contributed by atoms with E-state index < -0.39 is 5.60 Å². The lowest BCUT2D eigenvalue weighted by molar-refractivity contribution is -0.130. The summed E-state index contributed by atoms with van der Waals surface area (Å²) in [6.45, 7) is 3.28. The van der Waals surface area contributed by atoms with E-state index in [0.29, 0.717) is 25.9 Å². The van der Waals surface area contributed by atoms with Gasteiger partial charge in [-0.3, -0.25) is 4.79 Å². The van der Waals surface area contributed by atoms with Crippen LogP contribution in [0.25, 0.3) is 0 Å². The molecule has 2 fully saturated rings. The van der Waals surface area contributed by atoms with Crippen LogP contribution in [-0.2, 0) is 22.2 Å². The third kappa shape index (κ3) is 4.06. The van der Waals surface area contributed by atoms with Crippen molar-refractivity contribution in [3.63, 3.8) is 0 Å². The largest absolute Gasteiger partial charge is 0.385 e. The van der Waals surface area contributed by atoms with Crippen LogP contribution in [0.2, 0.25) is 0 Å². The van der Waals surface area contributed by atoms with E-state index in [2.05, 4.69) is 79.7 Å². The molecule has 0 unspecified atom stereocenters. The van der Waals surface area contributed by atoms with E-state index >= 15 is 0 Å². The molecule has 1 aliphatic heterocycles. The molecule has 1 saturated heterocycles. The van der Waals surface area contributed by atoms with Crippen molar-refractivity contribution in [1.29, 1.82) is 0 Å². The van der Waals surface area contributed by atoms with Gasteiger partial charge in [0.2, 0.25) is 5.91 Å². The number of likely N-dealkylation sites (tertiary alicyclic amines) is 1. The molecule has 2 aliphatic rings. The minimum Gasteiger partial charge on any atom is -0.385 e. The van der Waals surface area contributed by atoms with Gasteiger partial charge in [0, 0.05) is 24.4 Å². The van der Waals surface area contributed by atoms with E-state index in [9.17, 15) is 9.90 Å². The van der Waals surface area contributed by atoms with Crippen molar-refractivity contribution in [3.8, 4) is 0 Å². The molecule has 3 nitrogen and oxygen atoms in total. The molecule has 0 aromatic heterocycles. The van der Waals surface area contributed by atoms with Crippen molar-refractivity contribution in [2.75, 3.05) is 13.1 Å². The monoisotopic (exact) mass is 501 g/mol. The summed E-state index contributed by atoms with van der Waals surface area (Å²) in [7, 11) is 0. The summed E-state index contributed by atoms with van der Waals surface area (Å²) in [5.41, 5.74) is 4.39. The van der Waals surface area contributed by atoms with Gasteiger partial charge in [-0.1, -0.05) is 115 Å². The summed E-state index contributed by atoms with van der Waals surface area (Å²) < 4.78 is 0. The molecule has 3 atom stereocenters. The van der Waals surface area contributed by atoms with Crippen LogP contribution in [0, 0.1) is 18.8 Å². The minimum absolute atomic E-state index is 0.0744. The van der Waals surface area contributed by atoms with Gasteiger partial charge >= 0.3 is 0 Å². The molecule has 0 bridgehead atoms. The lowest BCUT2D eigenvalue weighted by Crippen LogP contribution is -2.53. The van der Waals surface area contributed by atoms with Crippen molar-refractivity contribution in [1.82, 2.24) is 4.90 Å². The van der Waals surface area contributed by atoms with Crippen LogP contribution < -0.4 is 0 Å². The van der Waals surface area contributed by atoms with Gasteiger partial charge < -0.3 is 10.0 Å². The SMILES string of the molecule is Cc1ccccc1[C@]1(O)CCC(c2ccccc2)(c2ccccc2)[C@H]2CN(C(=O)Cc3ccccc3)C[C@H]21. The zero-order valence-corrected chi connectivity index (χ0v) is 22.0. The highest BCUT2D eigenvalue weighted by molar-refractivity contribution is 5.79. The first-order chi connectivity index (χ1) is 18.5. The third-order valence-corrected chi connectivity index (χ3v) is 9.21. The number of fused-ring (bicyclic) bond motifs is 1. The van der Waals surface area contributed by atoms with Crippen LogP contribution >= 0.6 is 0 Å². The minimum atomic E-state index is -0.995. The van der Waals surface area contributed by atoms with E-state index in [0.717, 1.165) is 23.1 Å². The molecule has 1 amide bonds. The Morgan fingerprint density at radius 1 is 0.737 bits per heavy atom. The Morgan fingerprint density at radius 3 is 1.87 bits per heavy atom. The van der Waals surface area contributed by atoms with Crippen molar-refractivity contribution in [3.05, 3.63) is 143 Å². The zero-order valence-electron chi connectivity index (χ0n) is 22.0. The number of aliphatic hydroxyl groups is 1. The highest BCUT2D eigenvalue weighted by Crippen LogP contribution is 2.59. The van der Waals surface area contributed by atoms with Crippen molar-refractivity contribution >= 4 is 5.91 Å². The molecule has 1 N–H and O–H groups in total. The molecule has 4 aromatic carbocycles. The van der Waals surface area contributed by atoms with E-state index in [-0.39, 0.29) is 23.2 Å². The van der Waals surface area contributed by atoms with Gasteiger partial charge in [-0.25, -0.2) is 0 Å². The Balaban J connectivity index is 1.47. The molecular formula is C35H35NO2. The summed E-state index contributed by atoms with van der Waals surface area (Å²) in [4.78, 5) is 15.7. The standard InChI is InChI=1S/C35H35NO2/c1-26-13-11-12-20-30(26)35(38)22-21-34(28-16-7-3-8-17-28,29-18-9-4-10-19-29)31-24-36(25-32(31)35)33(37)23-27-14-5-2-6-15-27/h2-20,31-32,38H,21-25H2,1H3/t31-,32+,35+/m0/s1. The fraction of sp³-hybridized carbons (Fsp3) is 0.286. The van der Waals surface area contributed by atoms with Gasteiger partial charge in [0.05, 0.1) is 12.0 Å². The number of nitrogens with zero attached hydrogens (tertiary/aromatic N) is 1. The van der Waals surface area contributed by atoms with Crippen LogP contribution in [0.3, 0.4) is 0 Å². The maximum Gasteiger partial charge on any atom is 0.227 e. The van der Waals surface area contributed by atoms with Gasteiger partial charge in [0.15, 0.2) is 0 Å². The molecule has 4 aromatic rings. The second-order valence-corrected chi connectivity index (χ2v) is 11.1. The van der Waals surface area contributed by atoms with Gasteiger partial charge in [0.1, 0.15) is 0 Å². The summed E-state index contributed by atoms with van der Waals surface area (Å²) >= 11 is 0. The topological polar surface area (TPSA) is 40.5 Å². The predicted molar refractivity (Wildman–Crippen MR) is 152 cm³/mol. The third-order valence-electron chi connectivity index (χ3n) is 9.21. The normalized spacial score (nSPS) is 24.1. The fourth-order valence-electron chi connectivity index (χ4n) is 7.38. The Bertz CT molecular complexity index is 1360. The average molecular weight is 502 g/mol. The average Bonchev–Trinajstić information content (AvgIpc) is 3.43. The lowest BCUT2D eigenvalue weighted by Gasteiger charge is -2.53. The summed E-state index contributed by atoms with van der Waals surface area (Å²) in [5.74, 6) is 0.121. The molecule has 1 saturated carbocycles. The number of benzene rings is 4. The number of carbonyl (C=O) groups excluding carboxylic acids is 1. The molecule has 0 spiro atoms. The first-order valence-electron chi connectivity index (χ1n) is 13.7. The van der Waals surface area contributed by atoms with E-state index in [4.69, 9.17) is 0 Å². The van der Waals surface area contributed by atoms with E-state index in [1.165, 1.54) is 11.1 Å². The van der Waals surface area contributed by atoms with Crippen molar-refractivity contribution < 1.29 is 9.90 Å². The maximum atomic E-state index is 13.7. The van der Waals surface area contributed by atoms with Crippen LogP contribution in [-0.4, -0.2) is 29.0 Å². The van der Waals surface area contributed by atoms with Crippen molar-refractivity contribution in [2.45, 2.75) is 37.2 Å². The van der Waals surface area contributed by atoms with Crippen LogP contribution in [0.15, 0.2) is 115 Å². The smallest absolute Gasteiger partial charge is 0.227 e. The molecule has 0 radical (unpaired) electrons. The zero-order chi connectivity index (χ0) is 26.2. The van der Waals surface area contributed by atoms with E-state index in [1.54, 1.807) is 0 Å². The molecule has 1 aliphatic carbocycles. The molecule has 6 rings (SSSR count). The predicted octanol–water partition coefficient (Wildman–Crippen LogP) is 6.28. The van der Waals surface area contributed by atoms with Gasteiger partial charge in [0.25, 0.3) is 0 Å². The highest BCUT2D eigenvalue weighted by atomic mass is 16.3. The van der Waals surface area contributed by atoms with Gasteiger partial charge in [-0.2, -0.15) is 0 Å². The first kappa shape index (κ1) is 24.6. The fourth-order valence-corrected chi connectivity index (χ4v) is 7.38. The second-order valence-electron chi connectivity index (χ2n) is 11.1. The second kappa shape index (κ2) is 9.89. The van der Waals surface area contributed by atoms with Crippen LogP contribution in [0.5, 0.6) is 0 Å². The van der Waals surface area contributed by atoms with Gasteiger partial charge in [-0.05, 0) is 53.5 Å². The first-order valence-corrected chi connectivity index (χ1v) is 13.7. The number of hydrogen-bond donors (Lipinski definition) is 1. The number of aryl methyl sites for hydroxylation is 1. The highest BCUT2D eigenvalue weighted by Gasteiger charge is 2.60. The van der Waals surface area contributed by atoms with Gasteiger partial charge in [-0.15, -0.1) is 0 Å². The van der Waals surface area contributed by atoms with Crippen LogP contribution in [0.4, 0.5) is 0 Å². The number of amides is 1. The maximum absolute atomic E-state index is 13.7. The number of hydrogen-bond acceptors (Lipinski definition) is 2. The van der Waals surface area contributed by atoms with Crippen LogP contribution in [0.1, 0.15) is 40.7 Å². The van der Waals surface area contributed by atoms with E-state index in [1.807, 2.05) is 47.4 Å².